The third-order valence-corrected chi connectivity index (χ3v) is 8.26. The van der Waals surface area contributed by atoms with Gasteiger partial charge in [0.2, 0.25) is 11.8 Å². The van der Waals surface area contributed by atoms with E-state index in [-0.39, 0.29) is 41.8 Å². The van der Waals surface area contributed by atoms with E-state index in [0.29, 0.717) is 23.3 Å². The molecule has 0 radical (unpaired) electrons. The molecule has 0 aliphatic carbocycles. The Morgan fingerprint density at radius 3 is 2.00 bits per heavy atom. The minimum Gasteiger partial charge on any atom is -0.394 e. The maximum absolute atomic E-state index is 14.1. The quantitative estimate of drug-likeness (QED) is 0.270. The molecule has 1 aliphatic rings. The van der Waals surface area contributed by atoms with Crippen molar-refractivity contribution in [1.29, 1.82) is 0 Å². The van der Waals surface area contributed by atoms with Crippen LogP contribution in [0.3, 0.4) is 0 Å². The number of amides is 2. The van der Waals surface area contributed by atoms with Crippen LogP contribution in [0.4, 0.5) is 36.4 Å². The summed E-state index contributed by atoms with van der Waals surface area (Å²) in [6.45, 7) is 2.72. The van der Waals surface area contributed by atoms with E-state index < -0.39 is 76.8 Å². The number of hydrogen-bond donors (Lipinski definition) is 3. The van der Waals surface area contributed by atoms with Crippen molar-refractivity contribution in [3.8, 4) is 11.1 Å². The van der Waals surface area contributed by atoms with Crippen LogP contribution in [-0.2, 0) is 27.4 Å². The molecule has 3 aromatic rings. The average Bonchev–Trinajstić information content (AvgIpc) is 3.31. The number of anilines is 1. The Labute approximate surface area is 265 Å². The van der Waals surface area contributed by atoms with E-state index in [9.17, 15) is 50.5 Å². The molecule has 2 amide bonds. The molecular weight excluding hydrogens is 647 g/mol. The van der Waals surface area contributed by atoms with Gasteiger partial charge in [-0.15, -0.1) is 12.4 Å². The highest BCUT2D eigenvalue weighted by Crippen LogP contribution is 2.43. The number of pyridine rings is 1. The Morgan fingerprint density at radius 2 is 1.50 bits per heavy atom. The van der Waals surface area contributed by atoms with Crippen LogP contribution in [0.2, 0.25) is 0 Å². The molecule has 2 heterocycles. The number of aryl methyl sites for hydroxylation is 1. The van der Waals surface area contributed by atoms with E-state index in [1.54, 1.807) is 6.92 Å². The van der Waals surface area contributed by atoms with Gasteiger partial charge in [-0.05, 0) is 73.9 Å². The predicted molar refractivity (Wildman–Crippen MR) is 157 cm³/mol. The van der Waals surface area contributed by atoms with Crippen molar-refractivity contribution in [3.05, 3.63) is 82.4 Å². The average molecular weight is 678 g/mol. The van der Waals surface area contributed by atoms with Crippen LogP contribution in [0, 0.1) is 12.7 Å². The van der Waals surface area contributed by atoms with Gasteiger partial charge in [0.15, 0.2) is 0 Å². The first kappa shape index (κ1) is 36.7. The number of aromatic nitrogens is 1. The van der Waals surface area contributed by atoms with Gasteiger partial charge in [-0.25, -0.2) is 4.39 Å². The predicted octanol–water partition coefficient (Wildman–Crippen LogP) is 5.92. The molecule has 0 saturated carbocycles. The second-order valence-corrected chi connectivity index (χ2v) is 11.6. The maximum atomic E-state index is 14.1. The fourth-order valence-electron chi connectivity index (χ4n) is 5.57. The lowest BCUT2D eigenvalue weighted by atomic mass is 9.81. The SMILES string of the molecule is Cc1cc(F)ccc1-c1cc(C2CC(=O)NC2(CO)CO)ncc1N(C)C(=O)C(C)(C)c1cc(C(F)(F)F)cc(C(F)(F)F)c1.Cl. The molecule has 0 bridgehead atoms. The molecule has 1 atom stereocenters. The zero-order valence-electron chi connectivity index (χ0n) is 25.0. The zero-order chi connectivity index (χ0) is 33.7. The van der Waals surface area contributed by atoms with Crippen molar-refractivity contribution in [2.45, 2.75) is 56.4 Å². The molecule has 4 rings (SSSR count). The number of carbonyl (C=O) groups is 2. The number of nitrogens with one attached hydrogen (secondary N) is 1. The molecular formula is C31H31ClF7N3O4. The highest BCUT2D eigenvalue weighted by atomic mass is 35.5. The number of halogens is 8. The molecule has 15 heteroatoms. The van der Waals surface area contributed by atoms with Crippen molar-refractivity contribution in [2.24, 2.45) is 0 Å². The van der Waals surface area contributed by atoms with Crippen molar-refractivity contribution in [2.75, 3.05) is 25.2 Å². The Bertz CT molecular complexity index is 1610. The summed E-state index contributed by atoms with van der Waals surface area (Å²) in [4.78, 5) is 31.7. The molecule has 1 aliphatic heterocycles. The number of carbonyl (C=O) groups excluding carboxylic acids is 2. The van der Waals surface area contributed by atoms with Crippen LogP contribution in [-0.4, -0.2) is 52.8 Å². The van der Waals surface area contributed by atoms with Gasteiger partial charge in [-0.2, -0.15) is 26.3 Å². The first-order valence-corrected chi connectivity index (χ1v) is 13.6. The van der Waals surface area contributed by atoms with Gasteiger partial charge in [-0.1, -0.05) is 6.07 Å². The first-order valence-electron chi connectivity index (χ1n) is 13.6. The number of nitrogens with zero attached hydrogens (tertiary/aromatic N) is 2. The van der Waals surface area contributed by atoms with Crippen molar-refractivity contribution in [1.82, 2.24) is 10.3 Å². The molecule has 2 aromatic carbocycles. The Hall–Kier alpha value is -3.75. The second-order valence-electron chi connectivity index (χ2n) is 11.6. The van der Waals surface area contributed by atoms with Gasteiger partial charge in [0.25, 0.3) is 0 Å². The summed E-state index contributed by atoms with van der Waals surface area (Å²) in [7, 11) is 1.27. The summed E-state index contributed by atoms with van der Waals surface area (Å²) in [6.07, 6.45) is -9.16. The first-order chi connectivity index (χ1) is 20.7. The highest BCUT2D eigenvalue weighted by Gasteiger charge is 2.48. The minimum atomic E-state index is -5.12. The normalized spacial score (nSPS) is 16.5. The number of rotatable bonds is 7. The van der Waals surface area contributed by atoms with Crippen molar-refractivity contribution >= 4 is 29.9 Å². The number of aliphatic hydroxyl groups excluding tert-OH is 2. The smallest absolute Gasteiger partial charge is 0.394 e. The third-order valence-electron chi connectivity index (χ3n) is 8.26. The topological polar surface area (TPSA) is 103 Å². The van der Waals surface area contributed by atoms with Crippen molar-refractivity contribution < 1.29 is 50.5 Å². The van der Waals surface area contributed by atoms with E-state index in [2.05, 4.69) is 10.3 Å². The summed E-state index contributed by atoms with van der Waals surface area (Å²) < 4.78 is 95.6. The molecule has 46 heavy (non-hydrogen) atoms. The lowest BCUT2D eigenvalue weighted by Crippen LogP contribution is -2.51. The zero-order valence-corrected chi connectivity index (χ0v) is 25.8. The molecule has 3 N–H and O–H groups in total. The lowest BCUT2D eigenvalue weighted by molar-refractivity contribution is -0.143. The molecule has 250 valence electrons. The molecule has 1 fully saturated rings. The van der Waals surface area contributed by atoms with E-state index >= 15 is 0 Å². The fraction of sp³-hybridized carbons (Fsp3) is 0.387. The summed E-state index contributed by atoms with van der Waals surface area (Å²) in [5.41, 5.74) is -5.65. The number of likely N-dealkylation sites (N-methyl/N-ethyl adjacent to an activating group) is 1. The highest BCUT2D eigenvalue weighted by molar-refractivity contribution is 6.03. The van der Waals surface area contributed by atoms with Gasteiger partial charge >= 0.3 is 12.4 Å². The largest absolute Gasteiger partial charge is 0.416 e. The van der Waals surface area contributed by atoms with Crippen LogP contribution >= 0.6 is 12.4 Å². The van der Waals surface area contributed by atoms with Gasteiger partial charge in [0, 0.05) is 30.6 Å². The van der Waals surface area contributed by atoms with E-state index in [0.717, 1.165) is 11.0 Å². The van der Waals surface area contributed by atoms with Crippen LogP contribution in [0.25, 0.3) is 11.1 Å². The van der Waals surface area contributed by atoms with Gasteiger partial charge in [0.05, 0.1) is 47.2 Å². The monoisotopic (exact) mass is 677 g/mol. The Morgan fingerprint density at radius 1 is 0.957 bits per heavy atom. The standard InChI is InChI=1S/C31H30F7N3O4.ClH/c1-16-7-20(32)5-6-21(16)22-11-24(23-12-26(44)40-29(23,14-42)15-43)39-13-25(22)41(4)27(45)28(2,3)17-8-18(30(33,34)35)10-19(9-17)31(36,37)38;/h5-11,13,23,42-43H,12,14-15H2,1-4H3,(H,40,44);1H. The van der Waals surface area contributed by atoms with E-state index in [4.69, 9.17) is 0 Å². The Balaban J connectivity index is 0.00000576. The molecule has 0 spiro atoms. The third kappa shape index (κ3) is 6.83. The van der Waals surface area contributed by atoms with Crippen LogP contribution in [0.15, 0.2) is 48.7 Å². The van der Waals surface area contributed by atoms with Gasteiger partial charge in [-0.3, -0.25) is 14.6 Å². The summed E-state index contributed by atoms with van der Waals surface area (Å²) in [5.74, 6) is -2.73. The number of alkyl halides is 6. The Kier molecular flexibility index (Phi) is 10.2. The maximum Gasteiger partial charge on any atom is 0.416 e. The van der Waals surface area contributed by atoms with Crippen LogP contribution < -0.4 is 10.2 Å². The molecule has 1 aromatic heterocycles. The van der Waals surface area contributed by atoms with Crippen molar-refractivity contribution in [3.63, 3.8) is 0 Å². The number of hydrogen-bond acceptors (Lipinski definition) is 5. The minimum absolute atomic E-state index is 0. The summed E-state index contributed by atoms with van der Waals surface area (Å²) in [5, 5.41) is 22.6. The van der Waals surface area contributed by atoms with Crippen LogP contribution in [0.1, 0.15) is 54.1 Å². The lowest BCUT2D eigenvalue weighted by Gasteiger charge is -2.33. The molecule has 1 unspecified atom stereocenters. The second kappa shape index (κ2) is 12.8. The van der Waals surface area contributed by atoms with E-state index in [1.807, 2.05) is 0 Å². The number of benzene rings is 2. The number of aliphatic hydroxyl groups is 2. The molecule has 7 nitrogen and oxygen atoms in total. The van der Waals surface area contributed by atoms with Gasteiger partial charge in [0.1, 0.15) is 5.82 Å². The molecule has 1 saturated heterocycles. The van der Waals surface area contributed by atoms with E-state index in [1.165, 1.54) is 45.3 Å². The van der Waals surface area contributed by atoms with Crippen LogP contribution in [0.5, 0.6) is 0 Å². The summed E-state index contributed by atoms with van der Waals surface area (Å²) >= 11 is 0. The van der Waals surface area contributed by atoms with Gasteiger partial charge < -0.3 is 20.4 Å². The summed E-state index contributed by atoms with van der Waals surface area (Å²) in [6, 6.07) is 6.27. The fourth-order valence-corrected chi connectivity index (χ4v) is 5.57.